The van der Waals surface area contributed by atoms with Crippen molar-refractivity contribution in [2.45, 2.75) is 13.1 Å². The second kappa shape index (κ2) is 4.84. The van der Waals surface area contributed by atoms with Crippen molar-refractivity contribution in [3.05, 3.63) is 35.9 Å². The minimum Gasteiger partial charge on any atom is -0.497 e. The third kappa shape index (κ3) is 2.07. The predicted molar refractivity (Wildman–Crippen MR) is 71.0 cm³/mol. The maximum atomic E-state index is 11.4. The molecule has 0 spiro atoms. The number of aromatic nitrogens is 3. The summed E-state index contributed by atoms with van der Waals surface area (Å²) in [6.07, 6.45) is 1.69. The van der Waals surface area contributed by atoms with Gasteiger partial charge in [0.2, 0.25) is 0 Å². The molecule has 0 unspecified atom stereocenters. The molecule has 0 radical (unpaired) electrons. The van der Waals surface area contributed by atoms with Crippen molar-refractivity contribution in [3.63, 3.8) is 0 Å². The molecule has 104 valence electrons. The zero-order valence-corrected chi connectivity index (χ0v) is 11.0. The molecule has 20 heavy (non-hydrogen) atoms. The Morgan fingerprint density at radius 3 is 3.00 bits per heavy atom. The molecule has 1 aromatic carbocycles. The summed E-state index contributed by atoms with van der Waals surface area (Å²) in [7, 11) is 1.56. The predicted octanol–water partition coefficient (Wildman–Crippen LogP) is 1.01. The number of methoxy groups -OCH3 is 1. The number of nitrogens with zero attached hydrogens (tertiary/aromatic N) is 4. The van der Waals surface area contributed by atoms with Crippen molar-refractivity contribution in [1.82, 2.24) is 14.8 Å². The number of carboxylic acids is 1. The number of hydrogen-bond donors (Lipinski definition) is 1. The first-order valence-corrected chi connectivity index (χ1v) is 6.22. The molecule has 0 bridgehead atoms. The smallest absolute Gasteiger partial charge is 0.337 e. The van der Waals surface area contributed by atoms with E-state index in [9.17, 15) is 9.90 Å². The lowest BCUT2D eigenvalue weighted by Gasteiger charge is -2.30. The number of aromatic carboxylic acids is 1. The number of hydrogen-bond acceptors (Lipinski definition) is 5. The first-order valence-electron chi connectivity index (χ1n) is 6.22. The Hall–Kier alpha value is -2.57. The molecule has 1 N–H and O–H groups in total. The van der Waals surface area contributed by atoms with Crippen molar-refractivity contribution in [2.75, 3.05) is 18.6 Å². The molecule has 0 saturated carbocycles. The minimum absolute atomic E-state index is 0.263. The van der Waals surface area contributed by atoms with E-state index in [1.54, 1.807) is 31.6 Å². The Bertz CT molecular complexity index is 653. The van der Waals surface area contributed by atoms with Gasteiger partial charge in [0.15, 0.2) is 5.82 Å². The fraction of sp³-hybridized carbons (Fsp3) is 0.308. The topological polar surface area (TPSA) is 80.5 Å². The summed E-state index contributed by atoms with van der Waals surface area (Å²) in [5.74, 6) is 0.516. The second-order valence-corrected chi connectivity index (χ2v) is 4.55. The largest absolute Gasteiger partial charge is 0.497 e. The quantitative estimate of drug-likeness (QED) is 0.899. The zero-order chi connectivity index (χ0) is 14.1. The van der Waals surface area contributed by atoms with Gasteiger partial charge in [0.25, 0.3) is 0 Å². The van der Waals surface area contributed by atoms with Crippen molar-refractivity contribution < 1.29 is 14.6 Å². The van der Waals surface area contributed by atoms with E-state index < -0.39 is 5.97 Å². The summed E-state index contributed by atoms with van der Waals surface area (Å²) < 4.78 is 7.15. The van der Waals surface area contributed by atoms with E-state index in [-0.39, 0.29) is 5.56 Å². The average molecular weight is 274 g/mol. The first kappa shape index (κ1) is 12.5. The molecule has 2 heterocycles. The van der Waals surface area contributed by atoms with Crippen molar-refractivity contribution in [3.8, 4) is 5.75 Å². The number of rotatable bonds is 3. The van der Waals surface area contributed by atoms with Gasteiger partial charge >= 0.3 is 5.97 Å². The van der Waals surface area contributed by atoms with Crippen LogP contribution in [-0.2, 0) is 13.1 Å². The highest BCUT2D eigenvalue weighted by molar-refractivity contribution is 5.94. The Morgan fingerprint density at radius 2 is 2.25 bits per heavy atom. The monoisotopic (exact) mass is 274 g/mol. The van der Waals surface area contributed by atoms with Gasteiger partial charge in [-0.2, -0.15) is 0 Å². The fourth-order valence-corrected chi connectivity index (χ4v) is 2.35. The van der Waals surface area contributed by atoms with E-state index in [0.717, 1.165) is 12.4 Å². The van der Waals surface area contributed by atoms with Gasteiger partial charge in [-0.05, 0) is 12.1 Å². The van der Waals surface area contributed by atoms with E-state index in [2.05, 4.69) is 10.2 Å². The number of ether oxygens (including phenoxy) is 1. The van der Waals surface area contributed by atoms with Crippen molar-refractivity contribution >= 4 is 11.7 Å². The highest BCUT2D eigenvalue weighted by Gasteiger charge is 2.22. The fourth-order valence-electron chi connectivity index (χ4n) is 2.35. The van der Waals surface area contributed by atoms with E-state index in [1.807, 2.05) is 9.47 Å². The molecular weight excluding hydrogens is 260 g/mol. The van der Waals surface area contributed by atoms with Crippen LogP contribution in [0.25, 0.3) is 0 Å². The summed E-state index contributed by atoms with van der Waals surface area (Å²) in [4.78, 5) is 13.3. The SMILES string of the molecule is COc1ccc(C(=O)O)c(N2CCn3cnnc3C2)c1. The standard InChI is InChI=1S/C13H14N4O3/c1-20-9-2-3-10(13(18)19)11(6-9)16-4-5-17-8-14-15-12(17)7-16/h2-3,6,8H,4-5,7H2,1H3,(H,18,19). The molecule has 0 amide bonds. The van der Waals surface area contributed by atoms with Crippen LogP contribution in [0.1, 0.15) is 16.2 Å². The number of anilines is 1. The van der Waals surface area contributed by atoms with Gasteiger partial charge in [0, 0.05) is 19.2 Å². The van der Waals surface area contributed by atoms with Crippen LogP contribution in [0.15, 0.2) is 24.5 Å². The molecule has 1 aromatic heterocycles. The van der Waals surface area contributed by atoms with E-state index in [0.29, 0.717) is 24.5 Å². The highest BCUT2D eigenvalue weighted by atomic mass is 16.5. The Morgan fingerprint density at radius 1 is 1.40 bits per heavy atom. The van der Waals surface area contributed by atoms with Crippen molar-refractivity contribution in [2.24, 2.45) is 0 Å². The number of benzene rings is 1. The van der Waals surface area contributed by atoms with Crippen LogP contribution < -0.4 is 9.64 Å². The molecule has 0 saturated heterocycles. The lowest BCUT2D eigenvalue weighted by molar-refractivity contribution is 0.0697. The molecule has 2 aromatic rings. The summed E-state index contributed by atoms with van der Waals surface area (Å²) in [5.41, 5.74) is 0.907. The molecule has 0 atom stereocenters. The molecule has 0 aliphatic carbocycles. The van der Waals surface area contributed by atoms with Gasteiger partial charge in [-0.1, -0.05) is 0 Å². The van der Waals surface area contributed by atoms with Crippen LogP contribution in [0.3, 0.4) is 0 Å². The lowest BCUT2D eigenvalue weighted by Crippen LogP contribution is -2.34. The molecular formula is C13H14N4O3. The van der Waals surface area contributed by atoms with Crippen LogP contribution in [0.4, 0.5) is 5.69 Å². The van der Waals surface area contributed by atoms with Gasteiger partial charge in [-0.15, -0.1) is 10.2 Å². The van der Waals surface area contributed by atoms with Gasteiger partial charge < -0.3 is 19.3 Å². The van der Waals surface area contributed by atoms with E-state index in [1.165, 1.54) is 0 Å². The first-order chi connectivity index (χ1) is 9.69. The third-order valence-corrected chi connectivity index (χ3v) is 3.41. The van der Waals surface area contributed by atoms with Crippen molar-refractivity contribution in [1.29, 1.82) is 0 Å². The van der Waals surface area contributed by atoms with Crippen LogP contribution >= 0.6 is 0 Å². The lowest BCUT2D eigenvalue weighted by atomic mass is 10.1. The Balaban J connectivity index is 1.99. The van der Waals surface area contributed by atoms with Crippen LogP contribution in [0.5, 0.6) is 5.75 Å². The van der Waals surface area contributed by atoms with Gasteiger partial charge in [-0.3, -0.25) is 0 Å². The number of carboxylic acid groups (broad SMARTS) is 1. The summed E-state index contributed by atoms with van der Waals surface area (Å²) in [6, 6.07) is 4.96. The molecule has 0 fully saturated rings. The minimum atomic E-state index is -0.949. The molecule has 7 nitrogen and oxygen atoms in total. The average Bonchev–Trinajstić information content (AvgIpc) is 2.93. The normalized spacial score (nSPS) is 13.9. The second-order valence-electron chi connectivity index (χ2n) is 4.55. The molecule has 7 heteroatoms. The maximum Gasteiger partial charge on any atom is 0.337 e. The summed E-state index contributed by atoms with van der Waals surface area (Å²) in [6.45, 7) is 1.98. The van der Waals surface area contributed by atoms with Crippen LogP contribution in [0, 0.1) is 0 Å². The third-order valence-electron chi connectivity index (χ3n) is 3.41. The molecule has 1 aliphatic rings. The van der Waals surface area contributed by atoms with Gasteiger partial charge in [-0.25, -0.2) is 4.79 Å². The van der Waals surface area contributed by atoms with E-state index >= 15 is 0 Å². The van der Waals surface area contributed by atoms with Crippen LogP contribution in [-0.4, -0.2) is 39.5 Å². The highest BCUT2D eigenvalue weighted by Crippen LogP contribution is 2.28. The van der Waals surface area contributed by atoms with Crippen LogP contribution in [0.2, 0.25) is 0 Å². The number of fused-ring (bicyclic) bond motifs is 1. The summed E-state index contributed by atoms with van der Waals surface area (Å²) in [5, 5.41) is 17.2. The summed E-state index contributed by atoms with van der Waals surface area (Å²) >= 11 is 0. The Kier molecular flexibility index (Phi) is 3.02. The van der Waals surface area contributed by atoms with Gasteiger partial charge in [0.05, 0.1) is 24.9 Å². The van der Waals surface area contributed by atoms with E-state index in [4.69, 9.17) is 4.74 Å². The number of carbonyl (C=O) groups is 1. The maximum absolute atomic E-state index is 11.4. The Labute approximate surface area is 115 Å². The molecule has 3 rings (SSSR count). The molecule has 1 aliphatic heterocycles. The van der Waals surface area contributed by atoms with Gasteiger partial charge in [0.1, 0.15) is 12.1 Å². The zero-order valence-electron chi connectivity index (χ0n) is 11.0.